The van der Waals surface area contributed by atoms with Gasteiger partial charge in [-0.1, -0.05) is 11.6 Å². The molecular weight excluding hydrogens is 315 g/mol. The highest BCUT2D eigenvalue weighted by atomic mass is 35.5. The maximum absolute atomic E-state index is 12.1. The minimum atomic E-state index is -0.325. The number of rotatable bonds is 4. The molecule has 0 spiro atoms. The van der Waals surface area contributed by atoms with Crippen LogP contribution >= 0.6 is 24.0 Å². The first-order chi connectivity index (χ1) is 9.61. The smallest absolute Gasteiger partial charge is 0.240 e. The first-order valence-electron chi connectivity index (χ1n) is 6.57. The van der Waals surface area contributed by atoms with Gasteiger partial charge in [0, 0.05) is 23.7 Å². The highest BCUT2D eigenvalue weighted by molar-refractivity contribution is 6.30. The van der Waals surface area contributed by atoms with Gasteiger partial charge in [-0.05, 0) is 25.1 Å². The van der Waals surface area contributed by atoms with Gasteiger partial charge in [0.25, 0.3) is 0 Å². The van der Waals surface area contributed by atoms with E-state index in [4.69, 9.17) is 21.1 Å². The van der Waals surface area contributed by atoms with Crippen molar-refractivity contribution in [3.8, 4) is 5.75 Å². The van der Waals surface area contributed by atoms with E-state index in [1.54, 1.807) is 25.3 Å². The lowest BCUT2D eigenvalue weighted by Gasteiger charge is -2.29. The Hall–Kier alpha value is -1.01. The molecule has 1 aliphatic heterocycles. The number of carbonyl (C=O) groups excluding carboxylic acids is 1. The maximum atomic E-state index is 12.1. The zero-order valence-corrected chi connectivity index (χ0v) is 13.6. The monoisotopic (exact) mass is 334 g/mol. The molecule has 1 heterocycles. The second-order valence-corrected chi connectivity index (χ2v) is 5.12. The van der Waals surface area contributed by atoms with Crippen LogP contribution in [0.1, 0.15) is 12.5 Å². The van der Waals surface area contributed by atoms with Crippen LogP contribution in [0, 0.1) is 0 Å². The third-order valence-corrected chi connectivity index (χ3v) is 3.53. The lowest BCUT2D eigenvalue weighted by atomic mass is 10.1. The molecule has 21 heavy (non-hydrogen) atoms. The number of benzene rings is 1. The van der Waals surface area contributed by atoms with Crippen molar-refractivity contribution in [3.63, 3.8) is 0 Å². The van der Waals surface area contributed by atoms with Crippen LogP contribution in [0.15, 0.2) is 18.2 Å². The Balaban J connectivity index is 0.00000220. The van der Waals surface area contributed by atoms with Crippen LogP contribution in [0.4, 0.5) is 0 Å². The molecule has 1 fully saturated rings. The van der Waals surface area contributed by atoms with Gasteiger partial charge in [0.05, 0.1) is 19.8 Å². The van der Waals surface area contributed by atoms with E-state index in [0.29, 0.717) is 30.5 Å². The number of hydrogen-bond acceptors (Lipinski definition) is 4. The van der Waals surface area contributed by atoms with Crippen molar-refractivity contribution in [1.82, 2.24) is 10.6 Å². The van der Waals surface area contributed by atoms with Gasteiger partial charge in [-0.2, -0.15) is 0 Å². The summed E-state index contributed by atoms with van der Waals surface area (Å²) in [5.41, 5.74) is 0.845. The molecule has 1 saturated heterocycles. The SMILES string of the molecule is COc1ccc(Cl)cc1CNC(=O)[C@H]1NCCO[C@@H]1C.Cl. The lowest BCUT2D eigenvalue weighted by Crippen LogP contribution is -2.55. The first kappa shape index (κ1) is 18.0. The summed E-state index contributed by atoms with van der Waals surface area (Å²) in [4.78, 5) is 12.1. The van der Waals surface area contributed by atoms with E-state index in [1.807, 2.05) is 6.92 Å². The summed E-state index contributed by atoms with van der Waals surface area (Å²) in [5.74, 6) is 0.620. The largest absolute Gasteiger partial charge is 0.496 e. The van der Waals surface area contributed by atoms with Gasteiger partial charge in [0.15, 0.2) is 0 Å². The van der Waals surface area contributed by atoms with E-state index in [-0.39, 0.29) is 30.5 Å². The van der Waals surface area contributed by atoms with Crippen molar-refractivity contribution < 1.29 is 14.3 Å². The molecule has 0 aliphatic carbocycles. The first-order valence-corrected chi connectivity index (χ1v) is 6.94. The van der Waals surface area contributed by atoms with Gasteiger partial charge >= 0.3 is 0 Å². The van der Waals surface area contributed by atoms with Gasteiger partial charge in [0.1, 0.15) is 11.8 Å². The Morgan fingerprint density at radius 1 is 1.57 bits per heavy atom. The standard InChI is InChI=1S/C14H19ClN2O3.ClH/c1-9-13(16-5-6-20-9)14(18)17-8-10-7-11(15)3-4-12(10)19-2;/h3-4,7,9,13,16H,5-6,8H2,1-2H3,(H,17,18);1H/t9-,13+;/m1./s1. The fraction of sp³-hybridized carbons (Fsp3) is 0.500. The molecular formula is C14H20Cl2N2O3. The molecule has 0 bridgehead atoms. The van der Waals surface area contributed by atoms with Crippen molar-refractivity contribution in [2.75, 3.05) is 20.3 Å². The Labute approximate surface area is 135 Å². The molecule has 1 aromatic rings. The maximum Gasteiger partial charge on any atom is 0.240 e. The van der Waals surface area contributed by atoms with E-state index in [0.717, 1.165) is 5.56 Å². The molecule has 1 amide bonds. The lowest BCUT2D eigenvalue weighted by molar-refractivity contribution is -0.129. The van der Waals surface area contributed by atoms with Crippen LogP contribution in [0.25, 0.3) is 0 Å². The molecule has 2 N–H and O–H groups in total. The molecule has 1 aliphatic rings. The van der Waals surface area contributed by atoms with E-state index < -0.39 is 0 Å². The Morgan fingerprint density at radius 3 is 3.00 bits per heavy atom. The van der Waals surface area contributed by atoms with Gasteiger partial charge in [-0.3, -0.25) is 4.79 Å². The molecule has 0 unspecified atom stereocenters. The highest BCUT2D eigenvalue weighted by Gasteiger charge is 2.28. The van der Waals surface area contributed by atoms with Crippen molar-refractivity contribution in [1.29, 1.82) is 0 Å². The summed E-state index contributed by atoms with van der Waals surface area (Å²) < 4.78 is 10.7. The number of carbonyl (C=O) groups is 1. The minimum Gasteiger partial charge on any atom is -0.496 e. The average molecular weight is 335 g/mol. The van der Waals surface area contributed by atoms with Crippen LogP contribution in [0.2, 0.25) is 5.02 Å². The predicted molar refractivity (Wildman–Crippen MR) is 84.3 cm³/mol. The topological polar surface area (TPSA) is 59.6 Å². The second-order valence-electron chi connectivity index (χ2n) is 4.68. The molecule has 0 saturated carbocycles. The number of halogens is 2. The average Bonchev–Trinajstić information content (AvgIpc) is 2.45. The number of amides is 1. The van der Waals surface area contributed by atoms with Crippen LogP contribution in [-0.4, -0.2) is 38.3 Å². The normalized spacial score (nSPS) is 21.3. The van der Waals surface area contributed by atoms with Crippen LogP contribution in [0.5, 0.6) is 5.75 Å². The van der Waals surface area contributed by atoms with Gasteiger partial charge in [-0.15, -0.1) is 12.4 Å². The van der Waals surface area contributed by atoms with Gasteiger partial charge in [-0.25, -0.2) is 0 Å². The molecule has 2 atom stereocenters. The molecule has 1 aromatic carbocycles. The van der Waals surface area contributed by atoms with Gasteiger partial charge in [0.2, 0.25) is 5.91 Å². The van der Waals surface area contributed by atoms with Crippen molar-refractivity contribution in [2.45, 2.75) is 25.6 Å². The summed E-state index contributed by atoms with van der Waals surface area (Å²) >= 11 is 5.96. The minimum absolute atomic E-state index is 0. The quantitative estimate of drug-likeness (QED) is 0.880. The zero-order valence-electron chi connectivity index (χ0n) is 12.0. The van der Waals surface area contributed by atoms with E-state index >= 15 is 0 Å². The van der Waals surface area contributed by atoms with E-state index in [2.05, 4.69) is 10.6 Å². The molecule has 2 rings (SSSR count). The number of ether oxygens (including phenoxy) is 2. The Morgan fingerprint density at radius 2 is 2.33 bits per heavy atom. The zero-order chi connectivity index (χ0) is 14.5. The molecule has 0 radical (unpaired) electrons. The fourth-order valence-corrected chi connectivity index (χ4v) is 2.40. The Bertz CT molecular complexity index is 485. The molecule has 5 nitrogen and oxygen atoms in total. The number of hydrogen-bond donors (Lipinski definition) is 2. The number of methoxy groups -OCH3 is 1. The van der Waals surface area contributed by atoms with Crippen LogP contribution in [0.3, 0.4) is 0 Å². The van der Waals surface area contributed by atoms with Crippen LogP contribution < -0.4 is 15.4 Å². The van der Waals surface area contributed by atoms with E-state index in [9.17, 15) is 4.79 Å². The third kappa shape index (κ3) is 4.74. The predicted octanol–water partition coefficient (Wildman–Crippen LogP) is 1.76. The van der Waals surface area contributed by atoms with Crippen LogP contribution in [-0.2, 0) is 16.1 Å². The summed E-state index contributed by atoms with van der Waals surface area (Å²) in [6.07, 6.45) is -0.134. The Kier molecular flexibility index (Phi) is 7.25. The summed E-state index contributed by atoms with van der Waals surface area (Å²) in [7, 11) is 1.59. The summed E-state index contributed by atoms with van der Waals surface area (Å²) in [5, 5.41) is 6.64. The van der Waals surface area contributed by atoms with Crippen molar-refractivity contribution >= 4 is 29.9 Å². The molecule has 0 aromatic heterocycles. The summed E-state index contributed by atoms with van der Waals surface area (Å²) in [6.45, 7) is 3.57. The summed E-state index contributed by atoms with van der Waals surface area (Å²) in [6, 6.07) is 5.00. The highest BCUT2D eigenvalue weighted by Crippen LogP contribution is 2.22. The third-order valence-electron chi connectivity index (χ3n) is 3.29. The number of morpholine rings is 1. The number of nitrogens with one attached hydrogen (secondary N) is 2. The van der Waals surface area contributed by atoms with Crippen molar-refractivity contribution in [2.24, 2.45) is 0 Å². The fourth-order valence-electron chi connectivity index (χ4n) is 2.20. The van der Waals surface area contributed by atoms with Crippen molar-refractivity contribution in [3.05, 3.63) is 28.8 Å². The van der Waals surface area contributed by atoms with Gasteiger partial charge < -0.3 is 20.1 Å². The molecule has 118 valence electrons. The second kappa shape index (κ2) is 8.44. The molecule has 7 heteroatoms. The van der Waals surface area contributed by atoms with E-state index in [1.165, 1.54) is 0 Å².